The highest BCUT2D eigenvalue weighted by Gasteiger charge is 2.06. The summed E-state index contributed by atoms with van der Waals surface area (Å²) in [6.45, 7) is 0.372. The van der Waals surface area contributed by atoms with Gasteiger partial charge in [0.2, 0.25) is 0 Å². The molecule has 0 unspecified atom stereocenters. The lowest BCUT2D eigenvalue weighted by molar-refractivity contribution is -0.123. The van der Waals surface area contributed by atoms with E-state index in [1.807, 2.05) is 24.4 Å². The molecule has 2 aromatic heterocycles. The van der Waals surface area contributed by atoms with Crippen molar-refractivity contribution in [3.8, 4) is 5.75 Å². The van der Waals surface area contributed by atoms with Crippen molar-refractivity contribution < 1.29 is 9.53 Å². The molecule has 0 saturated heterocycles. The van der Waals surface area contributed by atoms with Crippen LogP contribution in [-0.4, -0.2) is 22.1 Å². The minimum Gasteiger partial charge on any atom is -0.484 e. The van der Waals surface area contributed by atoms with Crippen LogP contribution in [0.2, 0.25) is 5.02 Å². The van der Waals surface area contributed by atoms with Gasteiger partial charge in [0.15, 0.2) is 6.61 Å². The molecule has 2 heterocycles. The minimum atomic E-state index is -0.190. The van der Waals surface area contributed by atoms with Crippen LogP contribution in [-0.2, 0) is 11.3 Å². The summed E-state index contributed by atoms with van der Waals surface area (Å²) in [6.07, 6.45) is 3.61. The minimum absolute atomic E-state index is 0.0408. The Kier molecular flexibility index (Phi) is 4.25. The van der Waals surface area contributed by atoms with E-state index in [9.17, 15) is 4.79 Å². The molecule has 0 fully saturated rings. The molecule has 3 rings (SSSR count). The van der Waals surface area contributed by atoms with Gasteiger partial charge in [-0.05, 0) is 36.4 Å². The fourth-order valence-electron chi connectivity index (χ4n) is 2.05. The Bertz CT molecular complexity index is 783. The van der Waals surface area contributed by atoms with Crippen molar-refractivity contribution in [2.24, 2.45) is 0 Å². The van der Waals surface area contributed by atoms with E-state index >= 15 is 0 Å². The van der Waals surface area contributed by atoms with Crippen LogP contribution in [0.3, 0.4) is 0 Å². The molecule has 1 amide bonds. The van der Waals surface area contributed by atoms with Gasteiger partial charge in [-0.25, -0.2) is 4.52 Å². The van der Waals surface area contributed by atoms with Crippen molar-refractivity contribution in [3.63, 3.8) is 0 Å². The Balaban J connectivity index is 1.53. The number of hydrogen-bond donors (Lipinski definition) is 1. The number of benzene rings is 1. The lowest BCUT2D eigenvalue weighted by Crippen LogP contribution is -2.28. The lowest BCUT2D eigenvalue weighted by atomic mass is 10.2. The number of aromatic nitrogens is 2. The highest BCUT2D eigenvalue weighted by atomic mass is 35.5. The topological polar surface area (TPSA) is 55.6 Å². The maximum absolute atomic E-state index is 11.8. The highest BCUT2D eigenvalue weighted by Crippen LogP contribution is 2.15. The Labute approximate surface area is 132 Å². The third kappa shape index (κ3) is 3.38. The van der Waals surface area contributed by atoms with Crippen LogP contribution in [0, 0.1) is 0 Å². The summed E-state index contributed by atoms with van der Waals surface area (Å²) in [4.78, 5) is 11.8. The second-order valence-electron chi connectivity index (χ2n) is 4.72. The number of nitrogens with one attached hydrogen (secondary N) is 1. The quantitative estimate of drug-likeness (QED) is 0.787. The average molecular weight is 316 g/mol. The number of fused-ring (bicyclic) bond motifs is 1. The molecule has 1 aromatic carbocycles. The molecule has 0 aliphatic rings. The van der Waals surface area contributed by atoms with Gasteiger partial charge >= 0.3 is 0 Å². The van der Waals surface area contributed by atoms with E-state index in [1.54, 1.807) is 35.0 Å². The van der Waals surface area contributed by atoms with Crippen molar-refractivity contribution in [3.05, 3.63) is 65.4 Å². The number of hydrogen-bond acceptors (Lipinski definition) is 3. The third-order valence-corrected chi connectivity index (χ3v) is 3.42. The largest absolute Gasteiger partial charge is 0.484 e. The van der Waals surface area contributed by atoms with Gasteiger partial charge in [0.25, 0.3) is 5.91 Å². The average Bonchev–Trinajstić information content (AvgIpc) is 2.96. The number of carbonyl (C=O) groups is 1. The molecule has 0 spiro atoms. The summed E-state index contributed by atoms with van der Waals surface area (Å²) in [5.74, 6) is 0.417. The molecule has 3 aromatic rings. The van der Waals surface area contributed by atoms with Gasteiger partial charge in [0, 0.05) is 23.3 Å². The van der Waals surface area contributed by atoms with Crippen molar-refractivity contribution in [1.29, 1.82) is 0 Å². The number of rotatable bonds is 5. The fraction of sp³-hybridized carbons (Fsp3) is 0.125. The Morgan fingerprint density at radius 1 is 1.23 bits per heavy atom. The van der Waals surface area contributed by atoms with Gasteiger partial charge in [0.1, 0.15) is 5.75 Å². The standard InChI is InChI=1S/C16H14ClN3O2/c17-13-4-6-14(7-5-13)22-11-16(21)18-9-12-10-19-20-8-2-1-3-15(12)20/h1-8,10H,9,11H2,(H,18,21). The maximum Gasteiger partial charge on any atom is 0.258 e. The molecule has 5 nitrogen and oxygen atoms in total. The zero-order valence-corrected chi connectivity index (χ0v) is 12.5. The highest BCUT2D eigenvalue weighted by molar-refractivity contribution is 6.30. The van der Waals surface area contributed by atoms with Crippen LogP contribution in [0.1, 0.15) is 5.56 Å². The van der Waals surface area contributed by atoms with Crippen molar-refractivity contribution in [1.82, 2.24) is 14.9 Å². The molecule has 6 heteroatoms. The van der Waals surface area contributed by atoms with Crippen LogP contribution < -0.4 is 10.1 Å². The van der Waals surface area contributed by atoms with Crippen molar-refractivity contribution >= 4 is 23.0 Å². The van der Waals surface area contributed by atoms with Gasteiger partial charge in [0.05, 0.1) is 11.7 Å². The van der Waals surface area contributed by atoms with E-state index in [4.69, 9.17) is 16.3 Å². The van der Waals surface area contributed by atoms with Gasteiger partial charge in [-0.3, -0.25) is 4.79 Å². The Hall–Kier alpha value is -2.53. The van der Waals surface area contributed by atoms with E-state index in [0.29, 0.717) is 17.3 Å². The molecule has 0 aliphatic carbocycles. The maximum atomic E-state index is 11.8. The molecular weight excluding hydrogens is 302 g/mol. The summed E-state index contributed by atoms with van der Waals surface area (Å²) in [5.41, 5.74) is 1.93. The predicted molar refractivity (Wildman–Crippen MR) is 84.0 cm³/mol. The third-order valence-electron chi connectivity index (χ3n) is 3.17. The molecule has 22 heavy (non-hydrogen) atoms. The first-order chi connectivity index (χ1) is 10.7. The van der Waals surface area contributed by atoms with Gasteiger partial charge in [-0.1, -0.05) is 17.7 Å². The molecule has 112 valence electrons. The molecule has 0 atom stereocenters. The number of carbonyl (C=O) groups excluding carboxylic acids is 1. The van der Waals surface area contributed by atoms with Gasteiger partial charge in [-0.2, -0.15) is 5.10 Å². The predicted octanol–water partition coefficient (Wildman–Crippen LogP) is 2.68. The molecule has 0 aliphatic heterocycles. The first-order valence-corrected chi connectivity index (χ1v) is 7.16. The Morgan fingerprint density at radius 2 is 2.05 bits per heavy atom. The Morgan fingerprint density at radius 3 is 2.86 bits per heavy atom. The first-order valence-electron chi connectivity index (χ1n) is 6.79. The number of pyridine rings is 1. The monoisotopic (exact) mass is 315 g/mol. The van der Waals surface area contributed by atoms with Crippen molar-refractivity contribution in [2.45, 2.75) is 6.54 Å². The zero-order chi connectivity index (χ0) is 15.4. The SMILES string of the molecule is O=C(COc1ccc(Cl)cc1)NCc1cnn2ccccc12. The number of nitrogens with zero attached hydrogens (tertiary/aromatic N) is 2. The van der Waals surface area contributed by atoms with Gasteiger partial charge < -0.3 is 10.1 Å². The summed E-state index contributed by atoms with van der Waals surface area (Å²) in [5, 5.41) is 7.67. The first kappa shape index (κ1) is 14.4. The van der Waals surface area contributed by atoms with Crippen LogP contribution in [0.4, 0.5) is 0 Å². The number of halogens is 1. The normalized spacial score (nSPS) is 10.6. The lowest BCUT2D eigenvalue weighted by Gasteiger charge is -2.07. The zero-order valence-electron chi connectivity index (χ0n) is 11.7. The number of amides is 1. The molecule has 0 saturated carbocycles. The van der Waals surface area contributed by atoms with Crippen LogP contribution in [0.15, 0.2) is 54.9 Å². The van der Waals surface area contributed by atoms with E-state index in [2.05, 4.69) is 10.4 Å². The molecule has 0 radical (unpaired) electrons. The van der Waals surface area contributed by atoms with Crippen LogP contribution in [0.5, 0.6) is 5.75 Å². The second-order valence-corrected chi connectivity index (χ2v) is 5.16. The van der Waals surface area contributed by atoms with Crippen LogP contribution >= 0.6 is 11.6 Å². The molecule has 1 N–H and O–H groups in total. The molecular formula is C16H14ClN3O2. The summed E-state index contributed by atoms with van der Waals surface area (Å²) in [7, 11) is 0. The molecule has 0 bridgehead atoms. The van der Waals surface area contributed by atoms with E-state index in [1.165, 1.54) is 0 Å². The summed E-state index contributed by atoms with van der Waals surface area (Å²) >= 11 is 5.79. The summed E-state index contributed by atoms with van der Waals surface area (Å²) in [6, 6.07) is 12.7. The number of ether oxygens (including phenoxy) is 1. The van der Waals surface area contributed by atoms with E-state index in [-0.39, 0.29) is 12.5 Å². The fourth-order valence-corrected chi connectivity index (χ4v) is 2.17. The van der Waals surface area contributed by atoms with Crippen LogP contribution in [0.25, 0.3) is 5.52 Å². The van der Waals surface area contributed by atoms with Gasteiger partial charge in [-0.15, -0.1) is 0 Å². The smallest absolute Gasteiger partial charge is 0.258 e. The van der Waals surface area contributed by atoms with E-state index < -0.39 is 0 Å². The second kappa shape index (κ2) is 6.49. The summed E-state index contributed by atoms with van der Waals surface area (Å²) < 4.78 is 7.16. The van der Waals surface area contributed by atoms with E-state index in [0.717, 1.165) is 11.1 Å². The van der Waals surface area contributed by atoms with Crippen molar-refractivity contribution in [2.75, 3.05) is 6.61 Å².